The minimum Gasteiger partial charge on any atom is -0.379 e. The number of ether oxygens (including phenoxy) is 1. The van der Waals surface area contributed by atoms with Crippen molar-refractivity contribution in [3.05, 3.63) is 78.2 Å². The number of aryl methyl sites for hydroxylation is 1. The Labute approximate surface area is 203 Å². The molecule has 1 saturated heterocycles. The van der Waals surface area contributed by atoms with E-state index in [0.29, 0.717) is 49.8 Å². The highest BCUT2D eigenvalue weighted by Crippen LogP contribution is 2.24. The van der Waals surface area contributed by atoms with Crippen molar-refractivity contribution in [1.82, 2.24) is 18.8 Å². The first-order valence-corrected chi connectivity index (χ1v) is 12.8. The molecule has 2 aromatic heterocycles. The average molecular weight is 492 g/mol. The highest BCUT2D eigenvalue weighted by Gasteiger charge is 2.29. The summed E-state index contributed by atoms with van der Waals surface area (Å²) < 4.78 is 35.1. The van der Waals surface area contributed by atoms with Crippen LogP contribution in [0.15, 0.2) is 72.0 Å². The van der Waals surface area contributed by atoms with Crippen LogP contribution in [-0.4, -0.2) is 59.5 Å². The van der Waals surface area contributed by atoms with Gasteiger partial charge in [0.1, 0.15) is 12.1 Å². The molecular weight excluding hydrogens is 466 g/mol. The zero-order valence-corrected chi connectivity index (χ0v) is 20.0. The fraction of sp³-hybridized carbons (Fsp3) is 0.240. The van der Waals surface area contributed by atoms with Crippen LogP contribution in [0.4, 0.5) is 5.69 Å². The van der Waals surface area contributed by atoms with E-state index in [0.717, 1.165) is 11.0 Å². The summed E-state index contributed by atoms with van der Waals surface area (Å²) in [4.78, 5) is 22.0. The summed E-state index contributed by atoms with van der Waals surface area (Å²) in [5.41, 5.74) is 3.23. The second kappa shape index (κ2) is 9.57. The number of benzene rings is 2. The van der Waals surface area contributed by atoms with Crippen molar-refractivity contribution in [3.63, 3.8) is 0 Å². The number of amides is 1. The van der Waals surface area contributed by atoms with Gasteiger partial charge in [-0.25, -0.2) is 18.4 Å². The van der Waals surface area contributed by atoms with Gasteiger partial charge in [-0.05, 0) is 48.4 Å². The number of pyridine rings is 1. The zero-order chi connectivity index (χ0) is 24.4. The molecule has 0 radical (unpaired) electrons. The summed E-state index contributed by atoms with van der Waals surface area (Å²) >= 11 is 0. The lowest BCUT2D eigenvalue weighted by atomic mass is 10.1. The van der Waals surface area contributed by atoms with E-state index in [4.69, 9.17) is 4.74 Å². The molecule has 0 bridgehead atoms. The Balaban J connectivity index is 1.37. The van der Waals surface area contributed by atoms with Gasteiger partial charge in [0.25, 0.3) is 5.91 Å². The van der Waals surface area contributed by atoms with Crippen molar-refractivity contribution in [2.75, 3.05) is 31.6 Å². The van der Waals surface area contributed by atoms with Crippen LogP contribution in [0.1, 0.15) is 22.8 Å². The number of sulfonamides is 1. The fourth-order valence-corrected chi connectivity index (χ4v) is 5.83. The van der Waals surface area contributed by atoms with Crippen LogP contribution in [0.25, 0.3) is 16.9 Å². The Morgan fingerprint density at radius 2 is 1.86 bits per heavy atom. The normalized spacial score (nSPS) is 14.8. The summed E-state index contributed by atoms with van der Waals surface area (Å²) in [6, 6.07) is 16.1. The smallest absolute Gasteiger partial charge is 0.255 e. The molecule has 35 heavy (non-hydrogen) atoms. The van der Waals surface area contributed by atoms with Crippen molar-refractivity contribution in [2.45, 2.75) is 18.2 Å². The molecule has 1 fully saturated rings. The summed E-state index contributed by atoms with van der Waals surface area (Å²) in [6.07, 6.45) is 3.81. The molecule has 1 aliphatic heterocycles. The van der Waals surface area contributed by atoms with Crippen LogP contribution in [-0.2, 0) is 21.2 Å². The Morgan fingerprint density at radius 3 is 2.60 bits per heavy atom. The molecule has 3 heterocycles. The maximum Gasteiger partial charge on any atom is 0.255 e. The maximum absolute atomic E-state index is 13.3. The molecule has 2 aromatic carbocycles. The van der Waals surface area contributed by atoms with Crippen molar-refractivity contribution in [2.24, 2.45) is 0 Å². The Bertz CT molecular complexity index is 1480. The maximum atomic E-state index is 13.3. The topological polar surface area (TPSA) is 106 Å². The third-order valence-corrected chi connectivity index (χ3v) is 7.99. The third kappa shape index (κ3) is 4.55. The number of fused-ring (bicyclic) bond motifs is 1. The van der Waals surface area contributed by atoms with Gasteiger partial charge in [-0.3, -0.25) is 9.36 Å². The number of nitrogens with one attached hydrogen (secondary N) is 1. The lowest BCUT2D eigenvalue weighted by Crippen LogP contribution is -2.41. The van der Waals surface area contributed by atoms with Gasteiger partial charge < -0.3 is 10.1 Å². The number of carbonyl (C=O) groups is 1. The number of imidazole rings is 1. The summed E-state index contributed by atoms with van der Waals surface area (Å²) in [5, 5.41) is 2.81. The molecule has 1 aliphatic rings. The molecule has 5 rings (SSSR count). The quantitative estimate of drug-likeness (QED) is 0.444. The summed E-state index contributed by atoms with van der Waals surface area (Å²) in [6.45, 7) is 3.21. The van der Waals surface area contributed by atoms with E-state index in [2.05, 4.69) is 15.3 Å². The van der Waals surface area contributed by atoms with Crippen LogP contribution >= 0.6 is 0 Å². The lowest BCUT2D eigenvalue weighted by Gasteiger charge is -2.27. The van der Waals surface area contributed by atoms with Crippen molar-refractivity contribution in [3.8, 4) is 5.82 Å². The molecule has 0 spiro atoms. The SMILES string of the molecule is CCc1ccc(C(=O)Nc2ccc(-n3cnc4ccccc43)nc2)cc1S(=O)(=O)N1CCOCC1. The van der Waals surface area contributed by atoms with Crippen molar-refractivity contribution in [1.29, 1.82) is 0 Å². The van der Waals surface area contributed by atoms with Crippen LogP contribution < -0.4 is 5.32 Å². The van der Waals surface area contributed by atoms with Gasteiger partial charge in [0.2, 0.25) is 10.0 Å². The average Bonchev–Trinajstić information content (AvgIpc) is 3.33. The Hall–Kier alpha value is -3.60. The predicted octanol–water partition coefficient (Wildman–Crippen LogP) is 3.26. The van der Waals surface area contributed by atoms with Crippen LogP contribution in [0.2, 0.25) is 0 Å². The number of hydrogen-bond donors (Lipinski definition) is 1. The van der Waals surface area contributed by atoms with Crippen molar-refractivity contribution >= 4 is 32.7 Å². The van der Waals surface area contributed by atoms with Gasteiger partial charge >= 0.3 is 0 Å². The number of carbonyl (C=O) groups excluding carboxylic acids is 1. The van der Waals surface area contributed by atoms with E-state index in [9.17, 15) is 13.2 Å². The highest BCUT2D eigenvalue weighted by atomic mass is 32.2. The van der Waals surface area contributed by atoms with Gasteiger partial charge in [0.15, 0.2) is 0 Å². The standard InChI is InChI=1S/C25H25N5O4S/c1-2-18-7-8-19(15-23(18)35(32,33)29-11-13-34-14-12-29)25(31)28-20-9-10-24(26-16-20)30-17-27-21-5-3-4-6-22(21)30/h3-10,15-17H,2,11-14H2,1H3,(H,28,31). The molecule has 9 nitrogen and oxygen atoms in total. The second-order valence-electron chi connectivity index (χ2n) is 8.15. The number of morpholine rings is 1. The summed E-state index contributed by atoms with van der Waals surface area (Å²) in [7, 11) is -3.73. The third-order valence-electron chi connectivity index (χ3n) is 6.00. The Kier molecular flexibility index (Phi) is 6.33. The number of para-hydroxylation sites is 2. The number of anilines is 1. The van der Waals surface area contributed by atoms with Crippen LogP contribution in [0, 0.1) is 0 Å². The second-order valence-corrected chi connectivity index (χ2v) is 10.1. The first-order chi connectivity index (χ1) is 17.0. The molecule has 10 heteroatoms. The van der Waals surface area contributed by atoms with Crippen LogP contribution in [0.5, 0.6) is 0 Å². The summed E-state index contributed by atoms with van der Waals surface area (Å²) in [5.74, 6) is 0.261. The van der Waals surface area contributed by atoms with Gasteiger partial charge in [0, 0.05) is 18.7 Å². The number of rotatable bonds is 6. The number of nitrogens with zero attached hydrogens (tertiary/aromatic N) is 4. The van der Waals surface area contributed by atoms with E-state index in [1.807, 2.05) is 35.8 Å². The highest BCUT2D eigenvalue weighted by molar-refractivity contribution is 7.89. The van der Waals surface area contributed by atoms with Gasteiger partial charge in [-0.15, -0.1) is 0 Å². The molecule has 1 amide bonds. The number of hydrogen-bond acceptors (Lipinski definition) is 6. The predicted molar refractivity (Wildman–Crippen MR) is 132 cm³/mol. The number of aromatic nitrogens is 3. The van der Waals surface area contributed by atoms with Gasteiger partial charge in [0.05, 0.1) is 41.0 Å². The largest absolute Gasteiger partial charge is 0.379 e. The van der Waals surface area contributed by atoms with E-state index in [1.54, 1.807) is 36.8 Å². The van der Waals surface area contributed by atoms with E-state index >= 15 is 0 Å². The van der Waals surface area contributed by atoms with E-state index in [-0.39, 0.29) is 10.5 Å². The minimum absolute atomic E-state index is 0.162. The van der Waals surface area contributed by atoms with Crippen molar-refractivity contribution < 1.29 is 17.9 Å². The molecule has 180 valence electrons. The minimum atomic E-state index is -3.73. The molecule has 0 saturated carbocycles. The van der Waals surface area contributed by atoms with Crippen LogP contribution in [0.3, 0.4) is 0 Å². The molecule has 0 aliphatic carbocycles. The molecule has 0 atom stereocenters. The van der Waals surface area contributed by atoms with Gasteiger partial charge in [-0.2, -0.15) is 4.31 Å². The van der Waals surface area contributed by atoms with E-state index in [1.165, 1.54) is 10.4 Å². The lowest BCUT2D eigenvalue weighted by molar-refractivity contribution is 0.0730. The van der Waals surface area contributed by atoms with E-state index < -0.39 is 15.9 Å². The first kappa shape index (κ1) is 23.2. The molecule has 4 aromatic rings. The first-order valence-electron chi connectivity index (χ1n) is 11.4. The molecule has 1 N–H and O–H groups in total. The molecular formula is C25H25N5O4S. The molecule has 0 unspecified atom stereocenters. The van der Waals surface area contributed by atoms with Gasteiger partial charge in [-0.1, -0.05) is 25.1 Å². The fourth-order valence-electron chi connectivity index (χ4n) is 4.10. The monoisotopic (exact) mass is 491 g/mol. The Morgan fingerprint density at radius 1 is 1.06 bits per heavy atom. The zero-order valence-electron chi connectivity index (χ0n) is 19.2.